The number of hydrogen-bond acceptors (Lipinski definition) is 4. The Kier molecular flexibility index (Phi) is 5.42. The van der Waals surface area contributed by atoms with Gasteiger partial charge in [0, 0.05) is 11.9 Å². The van der Waals surface area contributed by atoms with Crippen LogP contribution >= 0.6 is 0 Å². The lowest BCUT2D eigenvalue weighted by Crippen LogP contribution is -2.28. The van der Waals surface area contributed by atoms with Crippen molar-refractivity contribution in [3.8, 4) is 0 Å². The van der Waals surface area contributed by atoms with Gasteiger partial charge in [-0.05, 0) is 23.8 Å². The van der Waals surface area contributed by atoms with Crippen LogP contribution in [0.2, 0.25) is 0 Å². The number of carbonyl (C=O) groups excluding carboxylic acids is 1. The van der Waals surface area contributed by atoms with Gasteiger partial charge in [-0.25, -0.2) is 9.48 Å². The largest absolute Gasteiger partial charge is 0.461 e. The lowest BCUT2D eigenvalue weighted by molar-refractivity contribution is 0.0457. The molecule has 5 nitrogen and oxygen atoms in total. The molecule has 1 aromatic heterocycles. The van der Waals surface area contributed by atoms with Crippen LogP contribution in [0.15, 0.2) is 29.1 Å². The molecule has 1 aromatic carbocycles. The van der Waals surface area contributed by atoms with E-state index < -0.39 is 5.97 Å². The Morgan fingerprint density at radius 1 is 1.21 bits per heavy atom. The van der Waals surface area contributed by atoms with E-state index in [2.05, 4.69) is 25.9 Å². The standard InChI is InChI=1S/C19H26N2O3/c1-13(2)12-21-17(22)15-9-7-6-8-14(15)16(20-21)18(23)24-11-10-19(3,4)5/h6-9,13H,10-12H2,1-5H3. The SMILES string of the molecule is CC(C)Cn1nc(C(=O)OCCC(C)(C)C)c2ccccc2c1=O. The van der Waals surface area contributed by atoms with E-state index in [0.717, 1.165) is 6.42 Å². The predicted molar refractivity (Wildman–Crippen MR) is 95.2 cm³/mol. The summed E-state index contributed by atoms with van der Waals surface area (Å²) in [5.41, 5.74) is 0.122. The van der Waals surface area contributed by atoms with Crippen molar-refractivity contribution in [1.82, 2.24) is 9.78 Å². The quantitative estimate of drug-likeness (QED) is 0.785. The van der Waals surface area contributed by atoms with E-state index in [1.165, 1.54) is 4.68 Å². The number of nitrogens with zero attached hydrogens (tertiary/aromatic N) is 2. The maximum absolute atomic E-state index is 12.5. The Hall–Kier alpha value is -2.17. The second-order valence-electron chi connectivity index (χ2n) is 7.72. The molecule has 0 N–H and O–H groups in total. The highest BCUT2D eigenvalue weighted by Crippen LogP contribution is 2.19. The number of carbonyl (C=O) groups is 1. The fourth-order valence-electron chi connectivity index (χ4n) is 2.37. The molecule has 0 amide bonds. The van der Waals surface area contributed by atoms with Crippen molar-refractivity contribution in [2.45, 2.75) is 47.6 Å². The highest BCUT2D eigenvalue weighted by Gasteiger charge is 2.19. The third-order valence-corrected chi connectivity index (χ3v) is 3.68. The van der Waals surface area contributed by atoms with Gasteiger partial charge < -0.3 is 4.74 Å². The summed E-state index contributed by atoms with van der Waals surface area (Å²) in [5.74, 6) is -0.228. The average molecular weight is 330 g/mol. The molecule has 0 unspecified atom stereocenters. The molecule has 24 heavy (non-hydrogen) atoms. The molecule has 0 atom stereocenters. The summed E-state index contributed by atoms with van der Waals surface area (Å²) in [5, 5.41) is 5.33. The number of esters is 1. The number of rotatable bonds is 5. The molecule has 2 rings (SSSR count). The zero-order chi connectivity index (χ0) is 17.9. The van der Waals surface area contributed by atoms with Crippen molar-refractivity contribution >= 4 is 16.7 Å². The van der Waals surface area contributed by atoms with Gasteiger partial charge in [0.2, 0.25) is 0 Å². The normalized spacial score (nSPS) is 11.9. The fraction of sp³-hybridized carbons (Fsp3) is 0.526. The molecule has 130 valence electrons. The second-order valence-corrected chi connectivity index (χ2v) is 7.72. The average Bonchev–Trinajstić information content (AvgIpc) is 2.48. The number of ether oxygens (including phenoxy) is 1. The van der Waals surface area contributed by atoms with Gasteiger partial charge in [-0.15, -0.1) is 0 Å². The smallest absolute Gasteiger partial charge is 0.359 e. The highest BCUT2D eigenvalue weighted by molar-refractivity contribution is 6.02. The highest BCUT2D eigenvalue weighted by atomic mass is 16.5. The lowest BCUT2D eigenvalue weighted by atomic mass is 9.93. The first-order valence-corrected chi connectivity index (χ1v) is 8.36. The first-order valence-electron chi connectivity index (χ1n) is 8.36. The summed E-state index contributed by atoms with van der Waals surface area (Å²) in [6, 6.07) is 7.05. The minimum absolute atomic E-state index is 0.0895. The first-order chi connectivity index (χ1) is 11.2. The Bertz CT molecular complexity index is 785. The number of fused-ring (bicyclic) bond motifs is 1. The van der Waals surface area contributed by atoms with Gasteiger partial charge in [-0.3, -0.25) is 4.79 Å². The molecule has 0 saturated carbocycles. The van der Waals surface area contributed by atoms with Crippen LogP contribution in [0.25, 0.3) is 10.8 Å². The Morgan fingerprint density at radius 3 is 2.42 bits per heavy atom. The number of benzene rings is 1. The minimum Gasteiger partial charge on any atom is -0.461 e. The predicted octanol–water partition coefficient (Wildman–Crippen LogP) is 3.65. The molecule has 2 aromatic rings. The van der Waals surface area contributed by atoms with Gasteiger partial charge in [0.1, 0.15) is 0 Å². The monoisotopic (exact) mass is 330 g/mol. The third kappa shape index (κ3) is 4.43. The van der Waals surface area contributed by atoms with E-state index in [1.54, 1.807) is 24.3 Å². The molecule has 0 saturated heterocycles. The van der Waals surface area contributed by atoms with Crippen molar-refractivity contribution in [2.24, 2.45) is 11.3 Å². The fourth-order valence-corrected chi connectivity index (χ4v) is 2.37. The van der Waals surface area contributed by atoms with E-state index in [0.29, 0.717) is 23.9 Å². The van der Waals surface area contributed by atoms with Gasteiger partial charge in [-0.1, -0.05) is 52.8 Å². The van der Waals surface area contributed by atoms with E-state index in [1.807, 2.05) is 13.8 Å². The molecule has 0 aliphatic carbocycles. The maximum atomic E-state index is 12.5. The Balaban J connectivity index is 2.39. The van der Waals surface area contributed by atoms with Crippen LogP contribution in [0.5, 0.6) is 0 Å². The van der Waals surface area contributed by atoms with Crippen LogP contribution < -0.4 is 5.56 Å². The summed E-state index contributed by atoms with van der Waals surface area (Å²) in [6.07, 6.45) is 0.766. The van der Waals surface area contributed by atoms with Crippen molar-refractivity contribution in [3.05, 3.63) is 40.3 Å². The minimum atomic E-state index is -0.479. The second kappa shape index (κ2) is 7.16. The summed E-state index contributed by atoms with van der Waals surface area (Å²) in [4.78, 5) is 25.0. The van der Waals surface area contributed by atoms with Crippen molar-refractivity contribution in [3.63, 3.8) is 0 Å². The Labute approximate surface area is 142 Å². The van der Waals surface area contributed by atoms with E-state index >= 15 is 0 Å². The molecule has 0 aliphatic rings. The van der Waals surface area contributed by atoms with Crippen LogP contribution in [0, 0.1) is 11.3 Å². The first kappa shape index (κ1) is 18.2. The van der Waals surface area contributed by atoms with Gasteiger partial charge in [0.25, 0.3) is 5.56 Å². The molecule has 1 heterocycles. The summed E-state index contributed by atoms with van der Waals surface area (Å²) in [6.45, 7) is 11.1. The lowest BCUT2D eigenvalue weighted by Gasteiger charge is -2.18. The van der Waals surface area contributed by atoms with Crippen LogP contribution in [0.3, 0.4) is 0 Å². The zero-order valence-electron chi connectivity index (χ0n) is 15.1. The molecule has 0 aliphatic heterocycles. The topological polar surface area (TPSA) is 61.2 Å². The molecule has 5 heteroatoms. The Morgan fingerprint density at radius 2 is 1.83 bits per heavy atom. The van der Waals surface area contributed by atoms with Gasteiger partial charge in [-0.2, -0.15) is 5.10 Å². The number of aromatic nitrogens is 2. The molecule has 0 radical (unpaired) electrons. The van der Waals surface area contributed by atoms with E-state index in [9.17, 15) is 9.59 Å². The zero-order valence-corrected chi connectivity index (χ0v) is 15.1. The van der Waals surface area contributed by atoms with Crippen LogP contribution in [0.4, 0.5) is 0 Å². The summed E-state index contributed by atoms with van der Waals surface area (Å²) in [7, 11) is 0. The summed E-state index contributed by atoms with van der Waals surface area (Å²) >= 11 is 0. The van der Waals surface area contributed by atoms with Crippen LogP contribution in [-0.4, -0.2) is 22.4 Å². The molecular weight excluding hydrogens is 304 g/mol. The van der Waals surface area contributed by atoms with Crippen molar-refractivity contribution < 1.29 is 9.53 Å². The van der Waals surface area contributed by atoms with Crippen molar-refractivity contribution in [1.29, 1.82) is 0 Å². The maximum Gasteiger partial charge on any atom is 0.359 e. The van der Waals surface area contributed by atoms with Crippen molar-refractivity contribution in [2.75, 3.05) is 6.61 Å². The van der Waals surface area contributed by atoms with Gasteiger partial charge >= 0.3 is 5.97 Å². The molecule has 0 bridgehead atoms. The molecular formula is C19H26N2O3. The van der Waals surface area contributed by atoms with E-state index in [-0.39, 0.29) is 22.6 Å². The van der Waals surface area contributed by atoms with Gasteiger partial charge in [0.05, 0.1) is 12.0 Å². The third-order valence-electron chi connectivity index (χ3n) is 3.68. The van der Waals surface area contributed by atoms with Gasteiger partial charge in [0.15, 0.2) is 5.69 Å². The number of hydrogen-bond donors (Lipinski definition) is 0. The van der Waals surface area contributed by atoms with E-state index in [4.69, 9.17) is 4.74 Å². The van der Waals surface area contributed by atoms with Crippen LogP contribution in [0.1, 0.15) is 51.5 Å². The molecule has 0 fully saturated rings. The summed E-state index contributed by atoms with van der Waals surface area (Å²) < 4.78 is 6.76. The van der Waals surface area contributed by atoms with Crippen LogP contribution in [-0.2, 0) is 11.3 Å². The molecule has 0 spiro atoms.